The van der Waals surface area contributed by atoms with E-state index in [0.29, 0.717) is 0 Å². The van der Waals surface area contributed by atoms with Gasteiger partial charge in [-0.2, -0.15) is 0 Å². The molecule has 0 amide bonds. The summed E-state index contributed by atoms with van der Waals surface area (Å²) >= 11 is 0. The highest BCUT2D eigenvalue weighted by Gasteiger charge is 2.35. The number of ether oxygens (including phenoxy) is 1. The predicted molar refractivity (Wildman–Crippen MR) is 71.0 cm³/mol. The molecule has 1 saturated heterocycles. The van der Waals surface area contributed by atoms with Crippen LogP contribution in [0.15, 0.2) is 21.9 Å². The van der Waals surface area contributed by atoms with Crippen LogP contribution in [0.4, 0.5) is 0 Å². The van der Waals surface area contributed by atoms with Crippen LogP contribution in [0.2, 0.25) is 0 Å². The number of nitrogens with zero attached hydrogens (tertiary/aromatic N) is 1. The molecule has 8 heteroatoms. The molecule has 0 bridgehead atoms. The highest BCUT2D eigenvalue weighted by molar-refractivity contribution is 5.46. The number of hydrogen-bond acceptors (Lipinski definition) is 6. The van der Waals surface area contributed by atoms with E-state index in [1.54, 1.807) is 6.08 Å². The second-order valence-electron chi connectivity index (χ2n) is 4.50. The van der Waals surface area contributed by atoms with E-state index < -0.39 is 29.7 Å². The van der Waals surface area contributed by atoms with Gasteiger partial charge >= 0.3 is 5.69 Å². The summed E-state index contributed by atoms with van der Waals surface area (Å²) < 4.78 is 6.57. The van der Waals surface area contributed by atoms with Crippen molar-refractivity contribution in [1.29, 1.82) is 0 Å². The normalized spacial score (nSPS) is 26.4. The Hall–Kier alpha value is -1.74. The summed E-state index contributed by atoms with van der Waals surface area (Å²) in [7, 11) is 0. The SMILES string of the molecule is NC/C=C\c1cn([C@H]2C[C@H](O)[C@@H](CO)O2)c(=O)[nH]c1=O. The first-order valence-corrected chi connectivity index (χ1v) is 6.23. The second kappa shape index (κ2) is 6.14. The molecule has 1 aromatic rings. The summed E-state index contributed by atoms with van der Waals surface area (Å²) in [5.41, 5.74) is 4.43. The first-order valence-electron chi connectivity index (χ1n) is 6.23. The minimum atomic E-state index is -0.855. The first-order chi connectivity index (χ1) is 9.56. The Bertz CT molecular complexity index is 606. The quantitative estimate of drug-likeness (QED) is 0.513. The van der Waals surface area contributed by atoms with Crippen LogP contribution in [0.5, 0.6) is 0 Å². The van der Waals surface area contributed by atoms with Gasteiger partial charge in [0.25, 0.3) is 5.56 Å². The fraction of sp³-hybridized carbons (Fsp3) is 0.500. The predicted octanol–water partition coefficient (Wildman–Crippen LogP) is -1.85. The van der Waals surface area contributed by atoms with Crippen LogP contribution < -0.4 is 17.0 Å². The zero-order valence-electron chi connectivity index (χ0n) is 10.7. The molecule has 2 rings (SSSR count). The molecule has 0 saturated carbocycles. The van der Waals surface area contributed by atoms with Crippen LogP contribution in [0.1, 0.15) is 18.2 Å². The highest BCUT2D eigenvalue weighted by atomic mass is 16.5. The Morgan fingerprint density at radius 3 is 2.90 bits per heavy atom. The fourth-order valence-electron chi connectivity index (χ4n) is 2.08. The van der Waals surface area contributed by atoms with Crippen LogP contribution in [0.3, 0.4) is 0 Å². The van der Waals surface area contributed by atoms with Gasteiger partial charge in [-0.3, -0.25) is 14.3 Å². The van der Waals surface area contributed by atoms with E-state index in [1.165, 1.54) is 16.8 Å². The number of H-pyrrole nitrogens is 1. The molecule has 0 aliphatic carbocycles. The highest BCUT2D eigenvalue weighted by Crippen LogP contribution is 2.27. The number of aromatic nitrogens is 2. The Kier molecular flexibility index (Phi) is 4.50. The number of aromatic amines is 1. The molecule has 0 aromatic carbocycles. The van der Waals surface area contributed by atoms with E-state index >= 15 is 0 Å². The molecule has 2 heterocycles. The van der Waals surface area contributed by atoms with Crippen LogP contribution in [0, 0.1) is 0 Å². The van der Waals surface area contributed by atoms with Crippen LogP contribution in [0.25, 0.3) is 6.08 Å². The maximum Gasteiger partial charge on any atom is 0.330 e. The maximum atomic E-state index is 11.8. The topological polar surface area (TPSA) is 131 Å². The monoisotopic (exact) mass is 283 g/mol. The number of hydrogen-bond donors (Lipinski definition) is 4. The maximum absolute atomic E-state index is 11.8. The zero-order chi connectivity index (χ0) is 14.7. The average molecular weight is 283 g/mol. The van der Waals surface area contributed by atoms with Gasteiger partial charge in [-0.15, -0.1) is 0 Å². The third-order valence-electron chi connectivity index (χ3n) is 3.12. The van der Waals surface area contributed by atoms with Gasteiger partial charge in [0.05, 0.1) is 18.3 Å². The largest absolute Gasteiger partial charge is 0.394 e. The van der Waals surface area contributed by atoms with E-state index in [-0.39, 0.29) is 25.1 Å². The average Bonchev–Trinajstić information content (AvgIpc) is 2.79. The van der Waals surface area contributed by atoms with E-state index in [1.807, 2.05) is 0 Å². The van der Waals surface area contributed by atoms with Gasteiger partial charge in [-0.1, -0.05) is 12.2 Å². The van der Waals surface area contributed by atoms with Gasteiger partial charge in [0.2, 0.25) is 0 Å². The summed E-state index contributed by atoms with van der Waals surface area (Å²) in [6.07, 6.45) is 2.29. The van der Waals surface area contributed by atoms with Gasteiger partial charge in [0, 0.05) is 19.2 Å². The summed E-state index contributed by atoms with van der Waals surface area (Å²) in [5, 5.41) is 18.7. The molecule has 8 nitrogen and oxygen atoms in total. The van der Waals surface area contributed by atoms with E-state index in [9.17, 15) is 14.7 Å². The van der Waals surface area contributed by atoms with Crippen LogP contribution in [-0.4, -0.2) is 45.1 Å². The second-order valence-corrected chi connectivity index (χ2v) is 4.50. The standard InChI is InChI=1S/C12H17N3O5/c13-3-1-2-7-5-15(12(19)14-11(7)18)10-4-8(17)9(6-16)20-10/h1-2,5,8-10,16-17H,3-4,6,13H2,(H,14,18,19)/b2-1-/t8-,9+,10+/m0/s1. The number of rotatable bonds is 4. The number of aliphatic hydroxyl groups excluding tert-OH is 2. The molecule has 1 fully saturated rings. The van der Waals surface area contributed by atoms with E-state index in [0.717, 1.165) is 0 Å². The van der Waals surface area contributed by atoms with Crippen molar-refractivity contribution in [1.82, 2.24) is 9.55 Å². The summed E-state index contributed by atoms with van der Waals surface area (Å²) in [4.78, 5) is 25.6. The van der Waals surface area contributed by atoms with Crippen LogP contribution >= 0.6 is 0 Å². The van der Waals surface area contributed by atoms with Crippen molar-refractivity contribution in [2.75, 3.05) is 13.2 Å². The molecule has 20 heavy (non-hydrogen) atoms. The third kappa shape index (κ3) is 2.88. The molecule has 110 valence electrons. The molecule has 0 unspecified atom stereocenters. The summed E-state index contributed by atoms with van der Waals surface area (Å²) in [6, 6.07) is 0. The van der Waals surface area contributed by atoms with E-state index in [2.05, 4.69) is 4.98 Å². The molecular formula is C12H17N3O5. The Balaban J connectivity index is 2.35. The van der Waals surface area contributed by atoms with Gasteiger partial charge in [-0.25, -0.2) is 4.79 Å². The molecule has 0 spiro atoms. The van der Waals surface area contributed by atoms with Gasteiger partial charge in [0.15, 0.2) is 0 Å². The van der Waals surface area contributed by atoms with Crippen molar-refractivity contribution in [2.45, 2.75) is 24.9 Å². The van der Waals surface area contributed by atoms with Crippen molar-refractivity contribution < 1.29 is 14.9 Å². The minimum absolute atomic E-state index is 0.164. The smallest absolute Gasteiger partial charge is 0.330 e. The third-order valence-corrected chi connectivity index (χ3v) is 3.12. The van der Waals surface area contributed by atoms with Gasteiger partial charge in [0.1, 0.15) is 12.3 Å². The van der Waals surface area contributed by atoms with Gasteiger partial charge < -0.3 is 20.7 Å². The fourth-order valence-corrected chi connectivity index (χ4v) is 2.08. The Labute approximate surface area is 114 Å². The van der Waals surface area contributed by atoms with Crippen molar-refractivity contribution in [3.63, 3.8) is 0 Å². The molecule has 3 atom stereocenters. The lowest BCUT2D eigenvalue weighted by molar-refractivity contribution is -0.0459. The van der Waals surface area contributed by atoms with Crippen molar-refractivity contribution in [3.8, 4) is 0 Å². The van der Waals surface area contributed by atoms with Crippen LogP contribution in [-0.2, 0) is 4.74 Å². The Morgan fingerprint density at radius 2 is 2.30 bits per heavy atom. The van der Waals surface area contributed by atoms with Crippen molar-refractivity contribution in [2.24, 2.45) is 5.73 Å². The lowest BCUT2D eigenvalue weighted by Crippen LogP contribution is -2.33. The number of nitrogens with one attached hydrogen (secondary N) is 1. The lowest BCUT2D eigenvalue weighted by atomic mass is 10.2. The number of aliphatic hydroxyl groups is 2. The molecule has 5 N–H and O–H groups in total. The molecule has 0 radical (unpaired) electrons. The summed E-state index contributed by atoms with van der Waals surface area (Å²) in [5.74, 6) is 0. The molecule has 1 aliphatic heterocycles. The molecule has 1 aliphatic rings. The molecule has 1 aromatic heterocycles. The number of nitrogens with two attached hydrogens (primary N) is 1. The van der Waals surface area contributed by atoms with Gasteiger partial charge in [-0.05, 0) is 0 Å². The lowest BCUT2D eigenvalue weighted by Gasteiger charge is -2.14. The summed E-state index contributed by atoms with van der Waals surface area (Å²) in [6.45, 7) is -0.0699. The zero-order valence-corrected chi connectivity index (χ0v) is 10.7. The molecular weight excluding hydrogens is 266 g/mol. The Morgan fingerprint density at radius 1 is 1.55 bits per heavy atom. The van der Waals surface area contributed by atoms with Crippen molar-refractivity contribution in [3.05, 3.63) is 38.7 Å². The van der Waals surface area contributed by atoms with E-state index in [4.69, 9.17) is 15.6 Å². The first kappa shape index (κ1) is 14.7. The minimum Gasteiger partial charge on any atom is -0.394 e. The van der Waals surface area contributed by atoms with Crippen molar-refractivity contribution >= 4 is 6.08 Å².